The van der Waals surface area contributed by atoms with Crippen molar-refractivity contribution in [1.29, 1.82) is 0 Å². The molecule has 0 atom stereocenters. The number of nitrogens with one attached hydrogen (secondary N) is 1. The van der Waals surface area contributed by atoms with Crippen molar-refractivity contribution in [3.8, 4) is 5.75 Å². The largest absolute Gasteiger partial charge is 0.494 e. The van der Waals surface area contributed by atoms with E-state index in [1.165, 1.54) is 0 Å². The molecule has 21 heavy (non-hydrogen) atoms. The molecule has 0 radical (unpaired) electrons. The average molecular weight is 291 g/mol. The summed E-state index contributed by atoms with van der Waals surface area (Å²) < 4.78 is 5.38. The Balaban J connectivity index is 1.81. The van der Waals surface area contributed by atoms with Crippen LogP contribution in [0.5, 0.6) is 5.75 Å². The van der Waals surface area contributed by atoms with Crippen LogP contribution in [0.4, 0.5) is 0 Å². The summed E-state index contributed by atoms with van der Waals surface area (Å²) in [4.78, 5) is 14.6. The summed E-state index contributed by atoms with van der Waals surface area (Å²) in [5.74, 6) is 0.791. The molecule has 116 valence electrons. The van der Waals surface area contributed by atoms with Gasteiger partial charge in [-0.2, -0.15) is 0 Å². The van der Waals surface area contributed by atoms with Crippen LogP contribution in [0.3, 0.4) is 0 Å². The zero-order valence-electron chi connectivity index (χ0n) is 12.7. The Hall–Kier alpha value is -1.59. The molecule has 1 fully saturated rings. The highest BCUT2D eigenvalue weighted by atomic mass is 16.5. The fraction of sp³-hybridized carbons (Fsp3) is 0.562. The van der Waals surface area contributed by atoms with E-state index in [1.54, 1.807) is 0 Å². The Kier molecular flexibility index (Phi) is 6.02. The number of ether oxygens (including phenoxy) is 1. The summed E-state index contributed by atoms with van der Waals surface area (Å²) in [7, 11) is 0. The number of carbonyl (C=O) groups excluding carboxylic acids is 1. The van der Waals surface area contributed by atoms with Gasteiger partial charge in [0.15, 0.2) is 0 Å². The Morgan fingerprint density at radius 1 is 1.33 bits per heavy atom. The number of nitrogens with zero attached hydrogens (tertiary/aromatic N) is 1. The second kappa shape index (κ2) is 8.00. The van der Waals surface area contributed by atoms with E-state index in [0.717, 1.165) is 38.2 Å². The van der Waals surface area contributed by atoms with Crippen LogP contribution in [0, 0.1) is 0 Å². The maximum atomic E-state index is 12.2. The normalized spacial score (nSPS) is 16.7. The smallest absolute Gasteiger partial charge is 0.251 e. The zero-order chi connectivity index (χ0) is 15.1. The molecule has 1 aliphatic heterocycles. The summed E-state index contributed by atoms with van der Waals surface area (Å²) in [5.41, 5.74) is 6.25. The van der Waals surface area contributed by atoms with Gasteiger partial charge in [0.2, 0.25) is 0 Å². The van der Waals surface area contributed by atoms with Crippen LogP contribution in [0.15, 0.2) is 24.3 Å². The number of nitrogens with two attached hydrogens (primary N) is 1. The molecule has 1 aromatic carbocycles. The predicted octanol–water partition coefficient (Wildman–Crippen LogP) is 1.24. The van der Waals surface area contributed by atoms with Crippen LogP contribution in [0.25, 0.3) is 0 Å². The molecule has 0 aliphatic carbocycles. The van der Waals surface area contributed by atoms with Gasteiger partial charge in [-0.05, 0) is 44.0 Å². The lowest BCUT2D eigenvalue weighted by Crippen LogP contribution is -2.45. The summed E-state index contributed by atoms with van der Waals surface area (Å²) in [6, 6.07) is 7.55. The average Bonchev–Trinajstić information content (AvgIpc) is 2.50. The first-order chi connectivity index (χ1) is 10.2. The Labute approximate surface area is 126 Å². The van der Waals surface area contributed by atoms with Crippen LogP contribution in [-0.4, -0.2) is 49.6 Å². The highest BCUT2D eigenvalue weighted by Crippen LogP contribution is 2.14. The molecule has 0 bridgehead atoms. The van der Waals surface area contributed by atoms with Crippen molar-refractivity contribution in [2.75, 3.05) is 32.8 Å². The van der Waals surface area contributed by atoms with Gasteiger partial charge in [-0.1, -0.05) is 0 Å². The Morgan fingerprint density at radius 2 is 2.00 bits per heavy atom. The van der Waals surface area contributed by atoms with Crippen molar-refractivity contribution in [3.63, 3.8) is 0 Å². The molecular formula is C16H25N3O2. The van der Waals surface area contributed by atoms with Gasteiger partial charge >= 0.3 is 0 Å². The third-order valence-electron chi connectivity index (χ3n) is 3.80. The van der Waals surface area contributed by atoms with Crippen LogP contribution >= 0.6 is 0 Å². The molecule has 1 aliphatic rings. The quantitative estimate of drug-likeness (QED) is 0.827. The summed E-state index contributed by atoms with van der Waals surface area (Å²) in [6.45, 7) is 6.23. The van der Waals surface area contributed by atoms with E-state index in [1.807, 2.05) is 31.2 Å². The van der Waals surface area contributed by atoms with Gasteiger partial charge in [-0.3, -0.25) is 4.79 Å². The van der Waals surface area contributed by atoms with E-state index in [-0.39, 0.29) is 11.9 Å². The lowest BCUT2D eigenvalue weighted by atomic mass is 10.0. The van der Waals surface area contributed by atoms with E-state index in [4.69, 9.17) is 10.5 Å². The topological polar surface area (TPSA) is 67.6 Å². The van der Waals surface area contributed by atoms with Crippen molar-refractivity contribution in [1.82, 2.24) is 10.2 Å². The molecule has 5 heteroatoms. The highest BCUT2D eigenvalue weighted by molar-refractivity contribution is 5.94. The molecule has 0 aromatic heterocycles. The number of carbonyl (C=O) groups is 1. The van der Waals surface area contributed by atoms with Crippen molar-refractivity contribution in [3.05, 3.63) is 29.8 Å². The first kappa shape index (κ1) is 15.8. The van der Waals surface area contributed by atoms with Gasteiger partial charge in [-0.25, -0.2) is 0 Å². The standard InChI is InChI=1S/C16H25N3O2/c1-2-21-15-5-3-13(4-6-15)16(20)18-14-7-10-19(11-8-14)12-9-17/h3-6,14H,2,7-12,17H2,1H3,(H,18,20). The highest BCUT2D eigenvalue weighted by Gasteiger charge is 2.20. The molecule has 0 saturated carbocycles. The number of benzene rings is 1. The predicted molar refractivity (Wildman–Crippen MR) is 83.6 cm³/mol. The van der Waals surface area contributed by atoms with Gasteiger partial charge in [-0.15, -0.1) is 0 Å². The van der Waals surface area contributed by atoms with Crippen molar-refractivity contribution < 1.29 is 9.53 Å². The summed E-state index contributed by atoms with van der Waals surface area (Å²) in [5, 5.41) is 3.11. The minimum Gasteiger partial charge on any atom is -0.494 e. The van der Waals surface area contributed by atoms with Gasteiger partial charge in [0.05, 0.1) is 6.61 Å². The van der Waals surface area contributed by atoms with Crippen LogP contribution in [-0.2, 0) is 0 Å². The van der Waals surface area contributed by atoms with Crippen LogP contribution in [0.1, 0.15) is 30.1 Å². The van der Waals surface area contributed by atoms with Gasteiger partial charge < -0.3 is 20.7 Å². The first-order valence-electron chi connectivity index (χ1n) is 7.69. The number of likely N-dealkylation sites (tertiary alicyclic amines) is 1. The molecule has 1 aromatic rings. The van der Waals surface area contributed by atoms with Gasteiger partial charge in [0.25, 0.3) is 5.91 Å². The second-order valence-electron chi connectivity index (χ2n) is 5.34. The molecule has 3 N–H and O–H groups in total. The van der Waals surface area contributed by atoms with Gasteiger partial charge in [0.1, 0.15) is 5.75 Å². The molecule has 2 rings (SSSR count). The maximum absolute atomic E-state index is 12.2. The van der Waals surface area contributed by atoms with E-state index in [9.17, 15) is 4.79 Å². The third-order valence-corrected chi connectivity index (χ3v) is 3.80. The second-order valence-corrected chi connectivity index (χ2v) is 5.34. The molecule has 0 unspecified atom stereocenters. The SMILES string of the molecule is CCOc1ccc(C(=O)NC2CCN(CCN)CC2)cc1. The number of hydrogen-bond acceptors (Lipinski definition) is 4. The number of piperidine rings is 1. The van der Waals surface area contributed by atoms with E-state index in [2.05, 4.69) is 10.2 Å². The molecule has 1 amide bonds. The molecule has 0 spiro atoms. The van der Waals surface area contributed by atoms with E-state index < -0.39 is 0 Å². The minimum atomic E-state index is -0.00433. The monoisotopic (exact) mass is 291 g/mol. The molecule has 1 saturated heterocycles. The lowest BCUT2D eigenvalue weighted by molar-refractivity contribution is 0.0912. The van der Waals surface area contributed by atoms with Crippen LogP contribution in [0.2, 0.25) is 0 Å². The summed E-state index contributed by atoms with van der Waals surface area (Å²) >= 11 is 0. The lowest BCUT2D eigenvalue weighted by Gasteiger charge is -2.32. The Bertz CT molecular complexity index is 439. The summed E-state index contributed by atoms with van der Waals surface area (Å²) in [6.07, 6.45) is 1.98. The fourth-order valence-corrected chi connectivity index (χ4v) is 2.62. The van der Waals surface area contributed by atoms with Crippen molar-refractivity contribution >= 4 is 5.91 Å². The third kappa shape index (κ3) is 4.72. The molecular weight excluding hydrogens is 266 g/mol. The van der Waals surface area contributed by atoms with E-state index >= 15 is 0 Å². The zero-order valence-corrected chi connectivity index (χ0v) is 12.7. The molecule has 1 heterocycles. The van der Waals surface area contributed by atoms with Crippen LogP contribution < -0.4 is 15.8 Å². The fourth-order valence-electron chi connectivity index (χ4n) is 2.62. The van der Waals surface area contributed by atoms with E-state index in [0.29, 0.717) is 18.7 Å². The number of hydrogen-bond donors (Lipinski definition) is 2. The number of rotatable bonds is 6. The Morgan fingerprint density at radius 3 is 2.57 bits per heavy atom. The maximum Gasteiger partial charge on any atom is 0.251 e. The van der Waals surface area contributed by atoms with Crippen molar-refractivity contribution in [2.24, 2.45) is 5.73 Å². The molecule has 5 nitrogen and oxygen atoms in total. The minimum absolute atomic E-state index is 0.00433. The van der Waals surface area contributed by atoms with Gasteiger partial charge in [0, 0.05) is 37.8 Å². The number of amides is 1. The van der Waals surface area contributed by atoms with Crippen molar-refractivity contribution in [2.45, 2.75) is 25.8 Å². The first-order valence-corrected chi connectivity index (χ1v) is 7.69.